The van der Waals surface area contributed by atoms with Crippen LogP contribution in [0.3, 0.4) is 0 Å². The number of sulfonamides is 1. The van der Waals surface area contributed by atoms with Gasteiger partial charge in [0.05, 0.1) is 18.7 Å². The van der Waals surface area contributed by atoms with E-state index in [1.165, 1.54) is 28.9 Å². The van der Waals surface area contributed by atoms with Crippen LogP contribution in [-0.4, -0.2) is 41.3 Å². The van der Waals surface area contributed by atoms with Gasteiger partial charge < -0.3 is 9.67 Å². The standard InChI is InChI=1S/C20H23N3O4S/c1-28(26,27)22-20(25)19-13-23(14-21-19)12-17(24)10-5-9-16-8-4-7-15-6-2-3-11-18(15)16/h2-4,6-8,11,13-14,17,24H,5,9-10,12H2,1H3,(H,22,25). The molecule has 2 N–H and O–H groups in total. The highest BCUT2D eigenvalue weighted by atomic mass is 32.2. The number of amides is 1. The molecule has 1 atom stereocenters. The maximum atomic E-state index is 11.8. The van der Waals surface area contributed by atoms with Crippen molar-refractivity contribution in [1.82, 2.24) is 14.3 Å². The lowest BCUT2D eigenvalue weighted by Gasteiger charge is -2.12. The van der Waals surface area contributed by atoms with Gasteiger partial charge in [0.15, 0.2) is 0 Å². The Bertz CT molecular complexity index is 1070. The lowest BCUT2D eigenvalue weighted by molar-refractivity contribution is 0.0976. The zero-order valence-corrected chi connectivity index (χ0v) is 16.4. The van der Waals surface area contributed by atoms with Crippen molar-refractivity contribution in [2.24, 2.45) is 0 Å². The molecule has 1 amide bonds. The van der Waals surface area contributed by atoms with Crippen molar-refractivity contribution in [2.75, 3.05) is 6.26 Å². The van der Waals surface area contributed by atoms with Gasteiger partial charge in [-0.15, -0.1) is 0 Å². The lowest BCUT2D eigenvalue weighted by Crippen LogP contribution is -2.29. The number of nitrogens with one attached hydrogen (secondary N) is 1. The summed E-state index contributed by atoms with van der Waals surface area (Å²) in [5, 5.41) is 12.7. The van der Waals surface area contributed by atoms with Gasteiger partial charge in [-0.1, -0.05) is 42.5 Å². The van der Waals surface area contributed by atoms with Crippen LogP contribution in [0.2, 0.25) is 0 Å². The van der Waals surface area contributed by atoms with Crippen LogP contribution >= 0.6 is 0 Å². The van der Waals surface area contributed by atoms with Crippen LogP contribution < -0.4 is 4.72 Å². The molecule has 28 heavy (non-hydrogen) atoms. The van der Waals surface area contributed by atoms with Crippen LogP contribution in [0.4, 0.5) is 0 Å². The summed E-state index contributed by atoms with van der Waals surface area (Å²) in [6.45, 7) is 0.286. The highest BCUT2D eigenvalue weighted by Gasteiger charge is 2.15. The molecule has 0 spiro atoms. The van der Waals surface area contributed by atoms with Crippen LogP contribution in [0.1, 0.15) is 28.9 Å². The summed E-state index contributed by atoms with van der Waals surface area (Å²) in [5.41, 5.74) is 1.25. The van der Waals surface area contributed by atoms with E-state index in [9.17, 15) is 18.3 Å². The van der Waals surface area contributed by atoms with Gasteiger partial charge in [-0.2, -0.15) is 0 Å². The van der Waals surface area contributed by atoms with Crippen LogP contribution in [0.25, 0.3) is 10.8 Å². The third kappa shape index (κ3) is 5.40. The van der Waals surface area contributed by atoms with E-state index in [1.54, 1.807) is 4.57 Å². The van der Waals surface area contributed by atoms with Crippen molar-refractivity contribution in [2.45, 2.75) is 31.9 Å². The van der Waals surface area contributed by atoms with Gasteiger partial charge in [0.2, 0.25) is 10.0 Å². The maximum Gasteiger partial charge on any atom is 0.284 e. The maximum absolute atomic E-state index is 11.8. The van der Waals surface area contributed by atoms with Crippen LogP contribution in [0, 0.1) is 0 Å². The van der Waals surface area contributed by atoms with Crippen molar-refractivity contribution < 1.29 is 18.3 Å². The molecular formula is C20H23N3O4S. The number of rotatable bonds is 8. The van der Waals surface area contributed by atoms with Gasteiger partial charge >= 0.3 is 0 Å². The second kappa shape index (κ2) is 8.53. The highest BCUT2D eigenvalue weighted by Crippen LogP contribution is 2.20. The molecule has 0 aliphatic carbocycles. The Labute approximate surface area is 164 Å². The molecule has 3 rings (SSSR count). The topological polar surface area (TPSA) is 101 Å². The molecule has 0 aliphatic rings. The summed E-state index contributed by atoms with van der Waals surface area (Å²) in [6, 6.07) is 14.5. The average molecular weight is 401 g/mol. The van der Waals surface area contributed by atoms with Gasteiger partial charge in [-0.3, -0.25) is 4.79 Å². The first-order valence-electron chi connectivity index (χ1n) is 9.00. The molecule has 0 radical (unpaired) electrons. The van der Waals surface area contributed by atoms with E-state index in [0.29, 0.717) is 6.42 Å². The first-order chi connectivity index (χ1) is 13.3. The number of benzene rings is 2. The smallest absolute Gasteiger partial charge is 0.284 e. The minimum Gasteiger partial charge on any atom is -0.391 e. The average Bonchev–Trinajstić information content (AvgIpc) is 3.09. The second-order valence-electron chi connectivity index (χ2n) is 6.84. The second-order valence-corrected chi connectivity index (χ2v) is 8.59. The molecule has 0 fully saturated rings. The summed E-state index contributed by atoms with van der Waals surface area (Å²) in [7, 11) is -3.64. The molecule has 0 saturated carbocycles. The number of hydrogen-bond donors (Lipinski definition) is 2. The van der Waals surface area contributed by atoms with Gasteiger partial charge in [-0.05, 0) is 35.6 Å². The molecule has 1 heterocycles. The fourth-order valence-electron chi connectivity index (χ4n) is 3.17. The summed E-state index contributed by atoms with van der Waals surface area (Å²) < 4.78 is 25.7. The predicted octanol–water partition coefficient (Wildman–Crippen LogP) is 2.11. The third-order valence-corrected chi connectivity index (χ3v) is 4.99. The predicted molar refractivity (Wildman–Crippen MR) is 107 cm³/mol. The quantitative estimate of drug-likeness (QED) is 0.602. The number of nitrogens with zero attached hydrogens (tertiary/aromatic N) is 2. The molecule has 1 unspecified atom stereocenters. The number of carbonyl (C=O) groups is 1. The summed E-state index contributed by atoms with van der Waals surface area (Å²) >= 11 is 0. The summed E-state index contributed by atoms with van der Waals surface area (Å²) in [6.07, 6.45) is 5.44. The zero-order chi connectivity index (χ0) is 20.1. The minimum atomic E-state index is -3.64. The highest BCUT2D eigenvalue weighted by molar-refractivity contribution is 7.89. The van der Waals surface area contributed by atoms with Gasteiger partial charge in [0.1, 0.15) is 5.69 Å². The number of hydrogen-bond acceptors (Lipinski definition) is 5. The normalized spacial score (nSPS) is 12.8. The Morgan fingerprint density at radius 1 is 1.21 bits per heavy atom. The number of carbonyl (C=O) groups excluding carboxylic acids is 1. The molecule has 2 aromatic carbocycles. The summed E-state index contributed by atoms with van der Waals surface area (Å²) in [4.78, 5) is 15.7. The molecule has 0 aliphatic heterocycles. The van der Waals surface area contributed by atoms with Crippen molar-refractivity contribution in [3.05, 3.63) is 66.2 Å². The fraction of sp³-hybridized carbons (Fsp3) is 0.300. The number of aliphatic hydroxyl groups excluding tert-OH is 1. The molecule has 8 heteroatoms. The molecule has 7 nitrogen and oxygen atoms in total. The Morgan fingerprint density at radius 3 is 2.75 bits per heavy atom. The van der Waals surface area contributed by atoms with E-state index in [2.05, 4.69) is 29.2 Å². The van der Waals surface area contributed by atoms with Crippen LogP contribution in [-0.2, 0) is 23.0 Å². The first kappa shape index (κ1) is 20.0. The van der Waals surface area contributed by atoms with Crippen molar-refractivity contribution >= 4 is 26.7 Å². The Morgan fingerprint density at radius 2 is 1.96 bits per heavy atom. The summed E-state index contributed by atoms with van der Waals surface area (Å²) in [5.74, 6) is -0.785. The lowest BCUT2D eigenvalue weighted by atomic mass is 9.99. The van der Waals surface area contributed by atoms with E-state index in [0.717, 1.165) is 19.1 Å². The van der Waals surface area contributed by atoms with Gasteiger partial charge in [0.25, 0.3) is 5.91 Å². The fourth-order valence-corrected chi connectivity index (χ4v) is 3.61. The zero-order valence-electron chi connectivity index (χ0n) is 15.6. The number of aryl methyl sites for hydroxylation is 1. The molecular weight excluding hydrogens is 378 g/mol. The van der Waals surface area contributed by atoms with Crippen molar-refractivity contribution in [3.63, 3.8) is 0 Å². The molecule has 0 bridgehead atoms. The SMILES string of the molecule is CS(=O)(=O)NC(=O)c1cn(CC(O)CCCc2cccc3ccccc23)cn1. The largest absolute Gasteiger partial charge is 0.391 e. The number of fused-ring (bicyclic) bond motifs is 1. The van der Waals surface area contributed by atoms with E-state index in [1.807, 2.05) is 22.9 Å². The Kier molecular flexibility index (Phi) is 6.11. The Balaban J connectivity index is 1.52. The van der Waals surface area contributed by atoms with Crippen molar-refractivity contribution in [1.29, 1.82) is 0 Å². The number of imidazole rings is 1. The minimum absolute atomic E-state index is 0.00613. The van der Waals surface area contributed by atoms with Gasteiger partial charge in [-0.25, -0.2) is 18.1 Å². The molecule has 3 aromatic rings. The monoisotopic (exact) mass is 401 g/mol. The van der Waals surface area contributed by atoms with Crippen LogP contribution in [0.5, 0.6) is 0 Å². The number of aliphatic hydroxyl groups is 1. The van der Waals surface area contributed by atoms with Crippen LogP contribution in [0.15, 0.2) is 55.0 Å². The molecule has 1 aromatic heterocycles. The Hall–Kier alpha value is -2.71. The molecule has 0 saturated heterocycles. The third-order valence-electron chi connectivity index (χ3n) is 4.43. The first-order valence-corrected chi connectivity index (χ1v) is 10.9. The van der Waals surface area contributed by atoms with Crippen molar-refractivity contribution in [3.8, 4) is 0 Å². The van der Waals surface area contributed by atoms with E-state index in [-0.39, 0.29) is 12.2 Å². The van der Waals surface area contributed by atoms with Gasteiger partial charge in [0, 0.05) is 12.7 Å². The van der Waals surface area contributed by atoms with E-state index >= 15 is 0 Å². The number of aromatic nitrogens is 2. The van der Waals surface area contributed by atoms with E-state index < -0.39 is 22.0 Å². The molecule has 148 valence electrons. The van der Waals surface area contributed by atoms with E-state index in [4.69, 9.17) is 0 Å².